The first kappa shape index (κ1) is 22.3. The maximum atomic E-state index is 8.96. The minimum atomic E-state index is -2.95. The van der Waals surface area contributed by atoms with Crippen molar-refractivity contribution in [2.45, 2.75) is 24.2 Å². The van der Waals surface area contributed by atoms with Crippen LogP contribution in [0.25, 0.3) is 0 Å². The van der Waals surface area contributed by atoms with Gasteiger partial charge in [-0.05, 0) is 24.3 Å². The van der Waals surface area contributed by atoms with Crippen LogP contribution in [-0.4, -0.2) is 45.8 Å². The third kappa shape index (κ3) is 10.7. The number of rotatable bonds is 9. The summed E-state index contributed by atoms with van der Waals surface area (Å²) in [5.74, 6) is 0. The van der Waals surface area contributed by atoms with E-state index in [1.54, 1.807) is 52.5 Å². The number of hydrogen-bond donors (Lipinski definition) is 3. The van der Waals surface area contributed by atoms with Gasteiger partial charge < -0.3 is 11.5 Å². The molecule has 1 aromatic rings. The van der Waals surface area contributed by atoms with Crippen LogP contribution in [0.3, 0.4) is 0 Å². The molecule has 1 atom stereocenters. The summed E-state index contributed by atoms with van der Waals surface area (Å²) in [6.45, 7) is 2.66. The van der Waals surface area contributed by atoms with Crippen molar-refractivity contribution < 1.29 is 37.6 Å². The van der Waals surface area contributed by atoms with E-state index < -0.39 is 23.9 Å². The number of nitrogen functional groups attached to an aromatic ring is 2. The molecule has 0 aromatic heterocycles. The fraction of sp³-hybridized carbons (Fsp3) is 0.600. The Morgan fingerprint density at radius 3 is 1.78 bits per heavy atom. The van der Waals surface area contributed by atoms with Crippen molar-refractivity contribution >= 4 is 11.4 Å². The first-order valence-corrected chi connectivity index (χ1v) is 10.4. The molecule has 23 heavy (non-hydrogen) atoms. The van der Waals surface area contributed by atoms with Crippen LogP contribution in [0.5, 0.6) is 0 Å². The fourth-order valence-electron chi connectivity index (χ4n) is 1.70. The zero-order chi connectivity index (χ0) is 17.7. The van der Waals surface area contributed by atoms with Gasteiger partial charge in [0, 0.05) is 11.4 Å². The zero-order valence-electron chi connectivity index (χ0n) is 14.5. The molecule has 1 unspecified atom stereocenters. The molecule has 0 aliphatic rings. The van der Waals surface area contributed by atoms with Crippen LogP contribution in [0.2, 0.25) is 4.73 Å². The molecule has 5 N–H and O–H groups in total. The van der Waals surface area contributed by atoms with E-state index in [9.17, 15) is 0 Å². The summed E-state index contributed by atoms with van der Waals surface area (Å²) >= 11 is -2.95. The number of benzene rings is 1. The third-order valence-electron chi connectivity index (χ3n) is 3.00. The Kier molecular flexibility index (Phi) is 12.4. The Balaban J connectivity index is 0.000000502. The van der Waals surface area contributed by atoms with Gasteiger partial charge in [-0.3, -0.25) is 0 Å². The Hall–Kier alpha value is -0.666. The van der Waals surface area contributed by atoms with Crippen molar-refractivity contribution in [1.29, 1.82) is 0 Å². The molecule has 0 spiro atoms. The van der Waals surface area contributed by atoms with Crippen LogP contribution in [0, 0.1) is 0 Å². The van der Waals surface area contributed by atoms with Crippen LogP contribution >= 0.6 is 0 Å². The largest absolute Gasteiger partial charge is 0.399 e. The van der Waals surface area contributed by atoms with E-state index in [2.05, 4.69) is 0 Å². The van der Waals surface area contributed by atoms with Gasteiger partial charge in [0.05, 0.1) is 0 Å². The molecule has 1 rings (SSSR count). The van der Waals surface area contributed by atoms with Crippen LogP contribution in [0.15, 0.2) is 24.3 Å². The molecule has 8 heteroatoms. The molecule has 0 saturated heterocycles. The summed E-state index contributed by atoms with van der Waals surface area (Å²) in [6, 6.07) is 7.09. The van der Waals surface area contributed by atoms with Gasteiger partial charge in [0.15, 0.2) is 0 Å². The van der Waals surface area contributed by atoms with Crippen molar-refractivity contribution in [2.75, 3.05) is 46.0 Å². The monoisotopic (exact) mass is 366 g/mol. The molecule has 0 saturated carbocycles. The van der Waals surface area contributed by atoms with E-state index in [-0.39, 0.29) is 0 Å². The van der Waals surface area contributed by atoms with Gasteiger partial charge in [0.1, 0.15) is 0 Å². The summed E-state index contributed by atoms with van der Waals surface area (Å²) in [5.41, 5.74) is 12.2. The molecule has 0 bridgehead atoms. The number of nitrogens with two attached hydrogens (primary N) is 2. The summed E-state index contributed by atoms with van der Waals surface area (Å²) < 4.78 is 21.9. The predicted octanol–water partition coefficient (Wildman–Crippen LogP) is 1.88. The van der Waals surface area contributed by atoms with Gasteiger partial charge in [-0.1, -0.05) is 0 Å². The van der Waals surface area contributed by atoms with E-state index in [4.69, 9.17) is 31.3 Å². The standard InChI is InChI=1S/C6H8N2.C6H13O2.3CH3O.Ti/c7-5-1-2-6(8)4-3-5;1-3-4-8-5-6(2)7;3*1-2;/h1-4H,7-8H2;6-7H,1,3-5H2,2H3;3*1H3;/q;;3*-1;+3. The normalized spacial score (nSPS) is 12.4. The first-order chi connectivity index (χ1) is 10.9. The van der Waals surface area contributed by atoms with E-state index in [0.717, 1.165) is 22.5 Å². The first-order valence-electron chi connectivity index (χ1n) is 7.41. The number of aliphatic hydroxyl groups excluding tert-OH is 1. The molecular formula is C15H30N2O5Ti. The predicted molar refractivity (Wildman–Crippen MR) is 88.2 cm³/mol. The average molecular weight is 366 g/mol. The van der Waals surface area contributed by atoms with Crippen molar-refractivity contribution in [3.05, 3.63) is 24.3 Å². The minimum absolute atomic E-state index is 0.368. The van der Waals surface area contributed by atoms with Crippen molar-refractivity contribution in [2.24, 2.45) is 0 Å². The summed E-state index contributed by atoms with van der Waals surface area (Å²) in [5, 5.41) is 8.96. The SMILES string of the molecule is C[O][Ti]([CH2]CCOCC(C)O)([O]C)[O]C.Nc1ccc(N)cc1. The average Bonchev–Trinajstić information content (AvgIpc) is 2.55. The molecule has 1 aromatic carbocycles. The van der Waals surface area contributed by atoms with Crippen LogP contribution in [0.4, 0.5) is 11.4 Å². The van der Waals surface area contributed by atoms with E-state index in [1.807, 2.05) is 0 Å². The van der Waals surface area contributed by atoms with Crippen LogP contribution in [0.1, 0.15) is 13.3 Å². The quantitative estimate of drug-likeness (QED) is 0.348. The molecule has 0 fully saturated rings. The molecular weight excluding hydrogens is 336 g/mol. The van der Waals surface area contributed by atoms with Crippen LogP contribution < -0.4 is 11.5 Å². The molecule has 0 aliphatic carbocycles. The number of anilines is 2. The Morgan fingerprint density at radius 2 is 1.43 bits per heavy atom. The fourth-order valence-corrected chi connectivity index (χ4v) is 4.34. The van der Waals surface area contributed by atoms with Crippen LogP contribution in [-0.2, 0) is 32.4 Å². The maximum absolute atomic E-state index is 8.96. The molecule has 0 amide bonds. The van der Waals surface area contributed by atoms with E-state index >= 15 is 0 Å². The summed E-state index contributed by atoms with van der Waals surface area (Å²) in [4.78, 5) is 0. The topological polar surface area (TPSA) is 109 Å². The van der Waals surface area contributed by atoms with E-state index in [1.165, 1.54) is 0 Å². The summed E-state index contributed by atoms with van der Waals surface area (Å²) in [7, 11) is 4.84. The smallest absolute Gasteiger partial charge is 0.0315 e. The van der Waals surface area contributed by atoms with Gasteiger partial charge in [-0.15, -0.1) is 0 Å². The molecule has 0 heterocycles. The molecule has 7 nitrogen and oxygen atoms in total. The second-order valence-electron chi connectivity index (χ2n) is 4.99. The molecule has 0 aliphatic heterocycles. The second kappa shape index (κ2) is 12.7. The van der Waals surface area contributed by atoms with Gasteiger partial charge in [0.25, 0.3) is 0 Å². The number of hydrogen-bond acceptors (Lipinski definition) is 7. The third-order valence-corrected chi connectivity index (χ3v) is 7.42. The maximum Gasteiger partial charge on any atom is 0.0315 e. The molecule has 0 radical (unpaired) electrons. The Morgan fingerprint density at radius 1 is 1.00 bits per heavy atom. The number of ether oxygens (including phenoxy) is 1. The Bertz CT molecular complexity index is 370. The summed E-state index contributed by atoms with van der Waals surface area (Å²) in [6.07, 6.45) is 0.408. The van der Waals surface area contributed by atoms with Crippen molar-refractivity contribution in [1.82, 2.24) is 0 Å². The van der Waals surface area contributed by atoms with Crippen molar-refractivity contribution in [3.8, 4) is 0 Å². The van der Waals surface area contributed by atoms with E-state index in [0.29, 0.717) is 13.2 Å². The second-order valence-corrected chi connectivity index (χ2v) is 9.82. The van der Waals surface area contributed by atoms with Gasteiger partial charge >= 0.3 is 96.3 Å². The van der Waals surface area contributed by atoms with Crippen molar-refractivity contribution in [3.63, 3.8) is 0 Å². The molecule has 134 valence electrons. The minimum Gasteiger partial charge on any atom is -0.399 e. The zero-order valence-corrected chi connectivity index (χ0v) is 16.0. The van der Waals surface area contributed by atoms with Gasteiger partial charge in [-0.2, -0.15) is 0 Å². The number of aliphatic hydroxyl groups is 1. The van der Waals surface area contributed by atoms with Gasteiger partial charge in [-0.25, -0.2) is 0 Å². The Labute approximate surface area is 143 Å². The van der Waals surface area contributed by atoms with Gasteiger partial charge in [0.2, 0.25) is 0 Å².